The second-order valence-electron chi connectivity index (χ2n) is 7.09. The largest absolute Gasteiger partial charge is 0.303 e. The molecule has 0 unspecified atom stereocenters. The van der Waals surface area contributed by atoms with Crippen LogP contribution in [0.5, 0.6) is 0 Å². The van der Waals surface area contributed by atoms with Crippen molar-refractivity contribution in [3.63, 3.8) is 0 Å². The molecule has 28 heavy (non-hydrogen) atoms. The summed E-state index contributed by atoms with van der Waals surface area (Å²) in [5, 5.41) is 12.1. The van der Waals surface area contributed by atoms with Crippen LogP contribution in [0.3, 0.4) is 0 Å². The number of fused-ring (bicyclic) bond motifs is 1. The fourth-order valence-corrected chi connectivity index (χ4v) is 3.57. The Hall–Kier alpha value is -3.64. The van der Waals surface area contributed by atoms with Crippen LogP contribution >= 0.6 is 0 Å². The first-order valence-electron chi connectivity index (χ1n) is 9.30. The molecule has 2 aromatic carbocycles. The SMILES string of the molecule is Cc1ccc(-n2c(C)cc(/C=C(/C#N)c3ccc4ccccc4c3)c2C)nc1. The highest BCUT2D eigenvalue weighted by Gasteiger charge is 2.12. The van der Waals surface area contributed by atoms with Crippen molar-refractivity contribution in [2.75, 3.05) is 0 Å². The van der Waals surface area contributed by atoms with Crippen LogP contribution in [0.1, 0.15) is 28.1 Å². The van der Waals surface area contributed by atoms with E-state index < -0.39 is 0 Å². The Kier molecular flexibility index (Phi) is 4.55. The van der Waals surface area contributed by atoms with Gasteiger partial charge in [-0.1, -0.05) is 42.5 Å². The van der Waals surface area contributed by atoms with E-state index >= 15 is 0 Å². The van der Waals surface area contributed by atoms with Gasteiger partial charge in [0, 0.05) is 17.6 Å². The molecule has 0 saturated heterocycles. The first-order chi connectivity index (χ1) is 13.6. The molecule has 4 aromatic rings. The van der Waals surface area contributed by atoms with Gasteiger partial charge >= 0.3 is 0 Å². The summed E-state index contributed by atoms with van der Waals surface area (Å²) in [5.74, 6) is 0.893. The molecule has 0 amide bonds. The summed E-state index contributed by atoms with van der Waals surface area (Å²) in [4.78, 5) is 4.55. The van der Waals surface area contributed by atoms with Crippen molar-refractivity contribution in [3.8, 4) is 11.9 Å². The molecular formula is C25H21N3. The Morgan fingerprint density at radius 3 is 2.46 bits per heavy atom. The van der Waals surface area contributed by atoms with Crippen molar-refractivity contribution >= 4 is 22.4 Å². The average molecular weight is 363 g/mol. The van der Waals surface area contributed by atoms with Crippen molar-refractivity contribution in [2.24, 2.45) is 0 Å². The summed E-state index contributed by atoms with van der Waals surface area (Å²) >= 11 is 0. The predicted octanol–water partition coefficient (Wildman–Crippen LogP) is 6.01. The van der Waals surface area contributed by atoms with Gasteiger partial charge < -0.3 is 4.57 Å². The van der Waals surface area contributed by atoms with Crippen molar-refractivity contribution in [2.45, 2.75) is 20.8 Å². The molecular weight excluding hydrogens is 342 g/mol. The van der Waals surface area contributed by atoms with E-state index in [9.17, 15) is 5.26 Å². The van der Waals surface area contributed by atoms with Crippen LogP contribution < -0.4 is 0 Å². The molecule has 2 aromatic heterocycles. The fourth-order valence-electron chi connectivity index (χ4n) is 3.57. The first kappa shape index (κ1) is 17.8. The van der Waals surface area contributed by atoms with Crippen molar-refractivity contribution < 1.29 is 0 Å². The predicted molar refractivity (Wildman–Crippen MR) is 115 cm³/mol. The number of nitrogens with zero attached hydrogens (tertiary/aromatic N) is 3. The van der Waals surface area contributed by atoms with E-state index in [0.717, 1.165) is 39.3 Å². The van der Waals surface area contributed by atoms with Gasteiger partial charge in [0.05, 0.1) is 11.6 Å². The summed E-state index contributed by atoms with van der Waals surface area (Å²) in [5.41, 5.74) is 5.92. The topological polar surface area (TPSA) is 41.6 Å². The molecule has 0 aliphatic heterocycles. The van der Waals surface area contributed by atoms with E-state index in [1.807, 2.05) is 43.5 Å². The molecule has 0 aliphatic rings. The lowest BCUT2D eigenvalue weighted by atomic mass is 10.0. The maximum atomic E-state index is 9.79. The summed E-state index contributed by atoms with van der Waals surface area (Å²) in [6, 6.07) is 22.9. The van der Waals surface area contributed by atoms with Crippen molar-refractivity contribution in [1.82, 2.24) is 9.55 Å². The number of hydrogen-bond donors (Lipinski definition) is 0. The summed E-state index contributed by atoms with van der Waals surface area (Å²) in [6.45, 7) is 6.16. The molecule has 0 N–H and O–H groups in total. The van der Waals surface area contributed by atoms with Crippen molar-refractivity contribution in [3.05, 3.63) is 94.9 Å². The summed E-state index contributed by atoms with van der Waals surface area (Å²) < 4.78 is 2.13. The molecule has 2 heterocycles. The van der Waals surface area contributed by atoms with Gasteiger partial charge in [-0.3, -0.25) is 0 Å². The van der Waals surface area contributed by atoms with Gasteiger partial charge in [0.1, 0.15) is 5.82 Å². The van der Waals surface area contributed by atoms with E-state index in [1.165, 1.54) is 5.39 Å². The fraction of sp³-hybridized carbons (Fsp3) is 0.120. The van der Waals surface area contributed by atoms with Crippen LogP contribution in [0, 0.1) is 32.1 Å². The van der Waals surface area contributed by atoms with E-state index in [2.05, 4.69) is 65.9 Å². The van der Waals surface area contributed by atoms with E-state index in [0.29, 0.717) is 5.57 Å². The molecule has 0 saturated carbocycles. The van der Waals surface area contributed by atoms with E-state index in [1.54, 1.807) is 0 Å². The van der Waals surface area contributed by atoms with Gasteiger partial charge in [-0.2, -0.15) is 5.26 Å². The summed E-state index contributed by atoms with van der Waals surface area (Å²) in [7, 11) is 0. The van der Waals surface area contributed by atoms with Gasteiger partial charge in [-0.05, 0) is 72.5 Å². The number of pyridine rings is 1. The second-order valence-corrected chi connectivity index (χ2v) is 7.09. The zero-order chi connectivity index (χ0) is 19.7. The Balaban J connectivity index is 1.79. The lowest BCUT2D eigenvalue weighted by Gasteiger charge is -2.09. The maximum absolute atomic E-state index is 9.79. The molecule has 0 bridgehead atoms. The zero-order valence-electron chi connectivity index (χ0n) is 16.3. The molecule has 136 valence electrons. The molecule has 0 radical (unpaired) electrons. The standard InChI is InChI=1S/C25H21N3/c1-17-8-11-25(27-16-17)28-18(2)12-23(19(28)3)14-24(15-26)22-10-9-20-6-4-5-7-21(20)13-22/h4-14,16H,1-3H3/b24-14-. The molecule has 3 heteroatoms. The van der Waals surface area contributed by atoms with Crippen LogP contribution in [0.25, 0.3) is 28.2 Å². The van der Waals surface area contributed by atoms with E-state index in [-0.39, 0.29) is 0 Å². The van der Waals surface area contributed by atoms with Gasteiger partial charge in [0.15, 0.2) is 0 Å². The van der Waals surface area contributed by atoms with Crippen LogP contribution in [0.15, 0.2) is 66.9 Å². The third-order valence-corrected chi connectivity index (χ3v) is 5.08. The third-order valence-electron chi connectivity index (χ3n) is 5.08. The Morgan fingerprint density at radius 2 is 1.75 bits per heavy atom. The normalized spacial score (nSPS) is 11.6. The summed E-state index contributed by atoms with van der Waals surface area (Å²) in [6.07, 6.45) is 3.84. The number of benzene rings is 2. The van der Waals surface area contributed by atoms with Crippen LogP contribution in [0.2, 0.25) is 0 Å². The molecule has 0 atom stereocenters. The van der Waals surface area contributed by atoms with Crippen LogP contribution in [-0.4, -0.2) is 9.55 Å². The average Bonchev–Trinajstić information content (AvgIpc) is 2.99. The minimum Gasteiger partial charge on any atom is -0.303 e. The first-order valence-corrected chi connectivity index (χ1v) is 9.30. The maximum Gasteiger partial charge on any atom is 0.136 e. The molecule has 0 aliphatic carbocycles. The van der Waals surface area contributed by atoms with Gasteiger partial charge in [-0.25, -0.2) is 4.98 Å². The Bertz CT molecular complexity index is 1240. The Labute approximate surface area is 165 Å². The third kappa shape index (κ3) is 3.21. The smallest absolute Gasteiger partial charge is 0.136 e. The highest BCUT2D eigenvalue weighted by atomic mass is 15.1. The second kappa shape index (κ2) is 7.17. The van der Waals surface area contributed by atoms with Gasteiger partial charge in [-0.15, -0.1) is 0 Å². The minimum absolute atomic E-state index is 0.655. The van der Waals surface area contributed by atoms with Crippen molar-refractivity contribution in [1.29, 1.82) is 5.26 Å². The number of rotatable bonds is 3. The molecule has 3 nitrogen and oxygen atoms in total. The van der Waals surface area contributed by atoms with E-state index in [4.69, 9.17) is 0 Å². The number of nitriles is 1. The highest BCUT2D eigenvalue weighted by molar-refractivity contribution is 5.94. The zero-order valence-corrected chi connectivity index (χ0v) is 16.3. The molecule has 0 fully saturated rings. The highest BCUT2D eigenvalue weighted by Crippen LogP contribution is 2.26. The number of aryl methyl sites for hydroxylation is 2. The van der Waals surface area contributed by atoms with Crippen LogP contribution in [-0.2, 0) is 0 Å². The number of allylic oxidation sites excluding steroid dienone is 1. The lowest BCUT2D eigenvalue weighted by Crippen LogP contribution is -2.01. The monoisotopic (exact) mass is 363 g/mol. The Morgan fingerprint density at radius 1 is 0.964 bits per heavy atom. The minimum atomic E-state index is 0.655. The molecule has 0 spiro atoms. The van der Waals surface area contributed by atoms with Gasteiger partial charge in [0.25, 0.3) is 0 Å². The number of aromatic nitrogens is 2. The lowest BCUT2D eigenvalue weighted by molar-refractivity contribution is 0.918. The number of hydrogen-bond acceptors (Lipinski definition) is 2. The quantitative estimate of drug-likeness (QED) is 0.418. The van der Waals surface area contributed by atoms with Crippen LogP contribution in [0.4, 0.5) is 0 Å². The molecule has 4 rings (SSSR count). The van der Waals surface area contributed by atoms with Gasteiger partial charge in [0.2, 0.25) is 0 Å².